The molecule has 0 heterocycles. The molecule has 0 unspecified atom stereocenters. The van der Waals surface area contributed by atoms with Crippen LogP contribution in [0.15, 0.2) is 102 Å². The highest BCUT2D eigenvalue weighted by Crippen LogP contribution is 2.44. The zero-order valence-corrected chi connectivity index (χ0v) is 12.9. The van der Waals surface area contributed by atoms with Crippen molar-refractivity contribution in [3.8, 4) is 0 Å². The molecule has 0 atom stereocenters. The zero-order valence-electron chi connectivity index (χ0n) is 12.0. The molecule has 0 radical (unpaired) electrons. The smallest absolute Gasteiger partial charge is 0.247 e. The number of hydrogen-bond acceptors (Lipinski definition) is 1. The minimum Gasteiger partial charge on any atom is -0.288 e. The van der Waals surface area contributed by atoms with Crippen LogP contribution < -0.4 is 16.0 Å². The summed E-state index contributed by atoms with van der Waals surface area (Å²) in [6.07, 6.45) is 0. The van der Waals surface area contributed by atoms with Gasteiger partial charge in [0.2, 0.25) is 7.29 Å². The molecular formula is C19H16NOP. The molecule has 0 saturated carbocycles. The van der Waals surface area contributed by atoms with Crippen LogP contribution in [0.3, 0.4) is 0 Å². The largest absolute Gasteiger partial charge is 0.288 e. The SMILES string of the molecule is O=P(N=c1cccccc1)(c1ccccc1)c1ccccc1. The highest BCUT2D eigenvalue weighted by molar-refractivity contribution is 7.77. The van der Waals surface area contributed by atoms with Crippen molar-refractivity contribution in [2.75, 3.05) is 0 Å². The molecule has 3 rings (SSSR count). The van der Waals surface area contributed by atoms with E-state index in [4.69, 9.17) is 0 Å². The summed E-state index contributed by atoms with van der Waals surface area (Å²) in [5, 5.41) is 2.20. The van der Waals surface area contributed by atoms with Crippen LogP contribution in [-0.2, 0) is 4.57 Å². The maximum absolute atomic E-state index is 13.7. The van der Waals surface area contributed by atoms with Gasteiger partial charge in [0.05, 0.1) is 5.36 Å². The van der Waals surface area contributed by atoms with Crippen molar-refractivity contribution in [1.82, 2.24) is 0 Å². The molecule has 0 amide bonds. The third kappa shape index (κ3) is 3.08. The minimum atomic E-state index is -3.05. The lowest BCUT2D eigenvalue weighted by atomic mass is 10.4. The molecule has 3 heteroatoms. The van der Waals surface area contributed by atoms with Gasteiger partial charge < -0.3 is 0 Å². The second kappa shape index (κ2) is 6.55. The average Bonchev–Trinajstić information content (AvgIpc) is 2.85. The summed E-state index contributed by atoms with van der Waals surface area (Å²) >= 11 is 0. The molecule has 0 saturated heterocycles. The van der Waals surface area contributed by atoms with Crippen molar-refractivity contribution in [1.29, 1.82) is 0 Å². The van der Waals surface area contributed by atoms with Crippen LogP contribution >= 0.6 is 7.29 Å². The first-order chi connectivity index (χ1) is 10.8. The molecule has 0 aliphatic rings. The monoisotopic (exact) mass is 305 g/mol. The first-order valence-corrected chi connectivity index (χ1v) is 8.78. The summed E-state index contributed by atoms with van der Waals surface area (Å²) in [6.45, 7) is 0. The predicted molar refractivity (Wildman–Crippen MR) is 91.8 cm³/mol. The van der Waals surface area contributed by atoms with Gasteiger partial charge in [-0.15, -0.1) is 0 Å². The number of rotatable bonds is 3. The maximum Gasteiger partial charge on any atom is 0.247 e. The standard InChI is InChI=1S/C19H16NOP/c21-22(18-13-7-3-8-14-18,19-15-9-4-10-16-19)20-17-11-5-1-2-6-12-17/h1-16H. The third-order valence-electron chi connectivity index (χ3n) is 3.34. The zero-order chi connectivity index (χ0) is 15.3. The second-order valence-corrected chi connectivity index (χ2v) is 7.26. The minimum absolute atomic E-state index is 0.709. The summed E-state index contributed by atoms with van der Waals surface area (Å²) in [7, 11) is -3.05. The van der Waals surface area contributed by atoms with Crippen molar-refractivity contribution in [2.45, 2.75) is 0 Å². The fourth-order valence-corrected chi connectivity index (χ4v) is 4.39. The molecule has 0 spiro atoms. The number of hydrogen-bond donors (Lipinski definition) is 0. The van der Waals surface area contributed by atoms with Gasteiger partial charge in [0, 0.05) is 10.6 Å². The van der Waals surface area contributed by atoms with Crippen molar-refractivity contribution in [2.24, 2.45) is 4.76 Å². The van der Waals surface area contributed by atoms with Crippen molar-refractivity contribution >= 4 is 17.9 Å². The summed E-state index contributed by atoms with van der Waals surface area (Å²) in [5.41, 5.74) is 0. The molecule has 0 aliphatic carbocycles. The predicted octanol–water partition coefficient (Wildman–Crippen LogP) is 3.52. The normalized spacial score (nSPS) is 10.9. The molecule has 0 bridgehead atoms. The van der Waals surface area contributed by atoms with E-state index in [-0.39, 0.29) is 0 Å². The summed E-state index contributed by atoms with van der Waals surface area (Å²) in [4.78, 5) is 0. The summed E-state index contributed by atoms with van der Waals surface area (Å²) in [6, 6.07) is 30.3. The van der Waals surface area contributed by atoms with E-state index < -0.39 is 7.29 Å². The van der Waals surface area contributed by atoms with Gasteiger partial charge in [0.25, 0.3) is 0 Å². The van der Waals surface area contributed by atoms with E-state index in [1.165, 1.54) is 0 Å². The lowest BCUT2D eigenvalue weighted by Crippen LogP contribution is -2.16. The van der Waals surface area contributed by atoms with Crippen LogP contribution in [0.4, 0.5) is 0 Å². The van der Waals surface area contributed by atoms with E-state index in [9.17, 15) is 4.57 Å². The Labute approximate surface area is 130 Å². The molecule has 0 aromatic heterocycles. The van der Waals surface area contributed by atoms with E-state index in [1.807, 2.05) is 97.1 Å². The third-order valence-corrected chi connectivity index (χ3v) is 5.84. The summed E-state index contributed by atoms with van der Waals surface area (Å²) in [5.74, 6) is 0. The van der Waals surface area contributed by atoms with Gasteiger partial charge in [-0.1, -0.05) is 60.7 Å². The number of benzene rings is 2. The Hall–Kier alpha value is -2.44. The molecule has 2 nitrogen and oxygen atoms in total. The molecule has 0 N–H and O–H groups in total. The quantitative estimate of drug-likeness (QED) is 0.681. The van der Waals surface area contributed by atoms with Crippen LogP contribution in [-0.4, -0.2) is 0 Å². The van der Waals surface area contributed by atoms with E-state index in [0.29, 0.717) is 5.36 Å². The Morgan fingerprint density at radius 3 is 1.36 bits per heavy atom. The molecular weight excluding hydrogens is 289 g/mol. The van der Waals surface area contributed by atoms with Crippen LogP contribution in [0.2, 0.25) is 0 Å². The number of nitrogens with zero attached hydrogens (tertiary/aromatic N) is 1. The molecule has 0 fully saturated rings. The Kier molecular flexibility index (Phi) is 4.32. The van der Waals surface area contributed by atoms with Crippen LogP contribution in [0.1, 0.15) is 0 Å². The van der Waals surface area contributed by atoms with Gasteiger partial charge >= 0.3 is 0 Å². The van der Waals surface area contributed by atoms with E-state index in [1.54, 1.807) is 0 Å². The van der Waals surface area contributed by atoms with E-state index in [2.05, 4.69) is 4.76 Å². The van der Waals surface area contributed by atoms with E-state index in [0.717, 1.165) is 10.6 Å². The fourth-order valence-electron chi connectivity index (χ4n) is 2.25. The average molecular weight is 305 g/mol. The Morgan fingerprint density at radius 2 is 0.909 bits per heavy atom. The highest BCUT2D eigenvalue weighted by atomic mass is 31.2. The van der Waals surface area contributed by atoms with Gasteiger partial charge in [0.1, 0.15) is 0 Å². The molecule has 22 heavy (non-hydrogen) atoms. The first-order valence-electron chi connectivity index (χ1n) is 7.12. The Balaban J connectivity index is 2.26. The lowest BCUT2D eigenvalue weighted by Gasteiger charge is -2.14. The van der Waals surface area contributed by atoms with Crippen molar-refractivity contribution < 1.29 is 4.57 Å². The second-order valence-electron chi connectivity index (χ2n) is 4.88. The van der Waals surface area contributed by atoms with Crippen molar-refractivity contribution in [3.05, 3.63) is 102 Å². The maximum atomic E-state index is 13.7. The molecule has 3 aromatic carbocycles. The van der Waals surface area contributed by atoms with Crippen LogP contribution in [0, 0.1) is 0 Å². The van der Waals surface area contributed by atoms with Gasteiger partial charge in [-0.2, -0.15) is 0 Å². The van der Waals surface area contributed by atoms with Gasteiger partial charge in [0.15, 0.2) is 0 Å². The first kappa shape index (κ1) is 14.5. The summed E-state index contributed by atoms with van der Waals surface area (Å²) < 4.78 is 18.3. The molecule has 108 valence electrons. The van der Waals surface area contributed by atoms with Gasteiger partial charge in [-0.3, -0.25) is 4.57 Å². The Bertz CT molecular complexity index is 795. The fraction of sp³-hybridized carbons (Fsp3) is 0. The van der Waals surface area contributed by atoms with Crippen LogP contribution in [0.25, 0.3) is 0 Å². The molecule has 0 aliphatic heterocycles. The lowest BCUT2D eigenvalue weighted by molar-refractivity contribution is 0.587. The Morgan fingerprint density at radius 1 is 0.545 bits per heavy atom. The van der Waals surface area contributed by atoms with Gasteiger partial charge in [-0.05, 0) is 36.4 Å². The van der Waals surface area contributed by atoms with Crippen LogP contribution in [0.5, 0.6) is 0 Å². The topological polar surface area (TPSA) is 29.4 Å². The van der Waals surface area contributed by atoms with Crippen molar-refractivity contribution in [3.63, 3.8) is 0 Å². The van der Waals surface area contributed by atoms with Gasteiger partial charge in [-0.25, -0.2) is 4.76 Å². The molecule has 3 aromatic rings. The highest BCUT2D eigenvalue weighted by Gasteiger charge is 2.25. The van der Waals surface area contributed by atoms with E-state index >= 15 is 0 Å².